The van der Waals surface area contributed by atoms with E-state index in [4.69, 9.17) is 0 Å². The number of benzene rings is 1. The summed E-state index contributed by atoms with van der Waals surface area (Å²) in [6.45, 7) is 0.302. The summed E-state index contributed by atoms with van der Waals surface area (Å²) in [4.78, 5) is 24.7. The van der Waals surface area contributed by atoms with Crippen molar-refractivity contribution in [1.29, 1.82) is 0 Å². The lowest BCUT2D eigenvalue weighted by Crippen LogP contribution is -2.43. The van der Waals surface area contributed by atoms with Crippen molar-refractivity contribution >= 4 is 11.9 Å². The smallest absolute Gasteiger partial charge is 0.416 e. The van der Waals surface area contributed by atoms with E-state index < -0.39 is 29.7 Å². The molecule has 2 aliphatic rings. The molecule has 0 bridgehead atoms. The molecule has 1 aliphatic heterocycles. The van der Waals surface area contributed by atoms with Crippen molar-refractivity contribution in [3.63, 3.8) is 0 Å². The third-order valence-corrected chi connectivity index (χ3v) is 4.10. The van der Waals surface area contributed by atoms with E-state index in [2.05, 4.69) is 0 Å². The van der Waals surface area contributed by atoms with E-state index >= 15 is 0 Å². The SMILES string of the molecule is O=C(O)[C@H]1[C@H]2C[C@H]2CN1C(=O)c1cccc(C(F)(F)F)c1. The van der Waals surface area contributed by atoms with Gasteiger partial charge in [-0.15, -0.1) is 0 Å². The highest BCUT2D eigenvalue weighted by Crippen LogP contribution is 2.50. The molecule has 1 saturated carbocycles. The van der Waals surface area contributed by atoms with Crippen LogP contribution < -0.4 is 0 Å². The van der Waals surface area contributed by atoms with Gasteiger partial charge in [0.25, 0.3) is 5.91 Å². The molecular weight excluding hydrogens is 287 g/mol. The van der Waals surface area contributed by atoms with Crippen molar-refractivity contribution in [2.75, 3.05) is 6.54 Å². The predicted molar refractivity (Wildman–Crippen MR) is 65.5 cm³/mol. The lowest BCUT2D eigenvalue weighted by molar-refractivity contribution is -0.142. The van der Waals surface area contributed by atoms with Crippen molar-refractivity contribution < 1.29 is 27.9 Å². The van der Waals surface area contributed by atoms with Crippen LogP contribution in [0.1, 0.15) is 22.3 Å². The molecule has 3 rings (SSSR count). The second kappa shape index (κ2) is 4.47. The third-order valence-electron chi connectivity index (χ3n) is 4.10. The molecule has 7 heteroatoms. The number of carbonyl (C=O) groups is 2. The van der Waals surface area contributed by atoms with Gasteiger partial charge in [-0.1, -0.05) is 6.07 Å². The first-order valence-corrected chi connectivity index (χ1v) is 6.50. The Morgan fingerprint density at radius 1 is 1.29 bits per heavy atom. The molecule has 21 heavy (non-hydrogen) atoms. The van der Waals surface area contributed by atoms with Gasteiger partial charge < -0.3 is 10.0 Å². The van der Waals surface area contributed by atoms with E-state index in [1.165, 1.54) is 11.0 Å². The Bertz CT molecular complexity index is 614. The number of nitrogens with zero attached hydrogens (tertiary/aromatic N) is 1. The number of fused-ring (bicyclic) bond motifs is 1. The summed E-state index contributed by atoms with van der Waals surface area (Å²) < 4.78 is 38.0. The minimum Gasteiger partial charge on any atom is -0.480 e. The zero-order valence-electron chi connectivity index (χ0n) is 10.8. The zero-order chi connectivity index (χ0) is 15.4. The molecular formula is C14H12F3NO3. The highest BCUT2D eigenvalue weighted by molar-refractivity contribution is 5.97. The third kappa shape index (κ3) is 2.36. The Kier molecular flexibility index (Phi) is 2.96. The highest BCUT2D eigenvalue weighted by atomic mass is 19.4. The van der Waals surface area contributed by atoms with Crippen LogP contribution in [0.3, 0.4) is 0 Å². The Morgan fingerprint density at radius 2 is 2.00 bits per heavy atom. The molecule has 0 unspecified atom stereocenters. The summed E-state index contributed by atoms with van der Waals surface area (Å²) in [6, 6.07) is 3.17. The topological polar surface area (TPSA) is 57.6 Å². The summed E-state index contributed by atoms with van der Waals surface area (Å²) in [5, 5.41) is 9.19. The van der Waals surface area contributed by atoms with Crippen LogP contribution in [0.2, 0.25) is 0 Å². The molecule has 112 valence electrons. The van der Waals surface area contributed by atoms with Crippen molar-refractivity contribution in [1.82, 2.24) is 4.90 Å². The number of amides is 1. The standard InChI is InChI=1S/C14H12F3NO3/c15-14(16,17)9-3-1-2-7(4-9)12(19)18-6-8-5-10(8)11(18)13(20)21/h1-4,8,10-11H,5-6H2,(H,20,21)/t8-,10-,11+/m0/s1. The highest BCUT2D eigenvalue weighted by Gasteiger charge is 2.57. The number of carboxylic acids is 1. The molecule has 1 aromatic carbocycles. The van der Waals surface area contributed by atoms with Crippen LogP contribution in [-0.2, 0) is 11.0 Å². The van der Waals surface area contributed by atoms with Gasteiger partial charge in [-0.2, -0.15) is 13.2 Å². The maximum absolute atomic E-state index is 12.7. The lowest BCUT2D eigenvalue weighted by atomic mass is 10.1. The first kappa shape index (κ1) is 13.9. The van der Waals surface area contributed by atoms with E-state index in [1.807, 2.05) is 0 Å². The van der Waals surface area contributed by atoms with E-state index in [9.17, 15) is 27.9 Å². The summed E-state index contributed by atoms with van der Waals surface area (Å²) in [6.07, 6.45) is -3.76. The summed E-state index contributed by atoms with van der Waals surface area (Å²) in [5.41, 5.74) is -1.04. The first-order chi connectivity index (χ1) is 9.79. The van der Waals surface area contributed by atoms with E-state index in [0.29, 0.717) is 6.54 Å². The van der Waals surface area contributed by atoms with Gasteiger partial charge in [-0.3, -0.25) is 4.79 Å². The van der Waals surface area contributed by atoms with Crippen LogP contribution in [0.15, 0.2) is 24.3 Å². The van der Waals surface area contributed by atoms with Gasteiger partial charge in [0.15, 0.2) is 0 Å². The summed E-state index contributed by atoms with van der Waals surface area (Å²) in [5.74, 6) is -1.64. The molecule has 1 saturated heterocycles. The van der Waals surface area contributed by atoms with Gasteiger partial charge in [-0.25, -0.2) is 4.79 Å². The minimum atomic E-state index is -4.53. The van der Waals surface area contributed by atoms with Crippen LogP contribution >= 0.6 is 0 Å². The molecule has 1 aromatic rings. The van der Waals surface area contributed by atoms with Crippen molar-refractivity contribution in [2.45, 2.75) is 18.6 Å². The van der Waals surface area contributed by atoms with E-state index in [0.717, 1.165) is 24.6 Å². The lowest BCUT2D eigenvalue weighted by Gasteiger charge is -2.24. The predicted octanol–water partition coefficient (Wildman–Crippen LogP) is 2.25. The minimum absolute atomic E-state index is 0.0581. The molecule has 0 aromatic heterocycles. The summed E-state index contributed by atoms with van der Waals surface area (Å²) >= 11 is 0. The van der Waals surface area contributed by atoms with Gasteiger partial charge >= 0.3 is 12.1 Å². The monoisotopic (exact) mass is 299 g/mol. The maximum Gasteiger partial charge on any atom is 0.416 e. The van der Waals surface area contributed by atoms with Crippen molar-refractivity contribution in [3.05, 3.63) is 35.4 Å². The fraction of sp³-hybridized carbons (Fsp3) is 0.429. The molecule has 0 radical (unpaired) electrons. The van der Waals surface area contributed by atoms with Crippen molar-refractivity contribution in [2.24, 2.45) is 11.8 Å². The number of carbonyl (C=O) groups excluding carboxylic acids is 1. The Morgan fingerprint density at radius 3 is 2.62 bits per heavy atom. The van der Waals surface area contributed by atoms with E-state index in [1.54, 1.807) is 0 Å². The van der Waals surface area contributed by atoms with Crippen LogP contribution in [-0.4, -0.2) is 34.5 Å². The Labute approximate surface area is 118 Å². The van der Waals surface area contributed by atoms with Crippen LogP contribution in [0, 0.1) is 11.8 Å². The second-order valence-electron chi connectivity index (χ2n) is 5.48. The Balaban J connectivity index is 1.87. The number of hydrogen-bond donors (Lipinski definition) is 1. The molecule has 1 heterocycles. The van der Waals surface area contributed by atoms with Gasteiger partial charge in [0.1, 0.15) is 6.04 Å². The number of piperidine rings is 1. The number of aliphatic carboxylic acids is 1. The van der Waals surface area contributed by atoms with Crippen LogP contribution in [0.5, 0.6) is 0 Å². The number of hydrogen-bond acceptors (Lipinski definition) is 2. The number of carboxylic acid groups (broad SMARTS) is 1. The maximum atomic E-state index is 12.7. The average Bonchev–Trinajstić information content (AvgIpc) is 3.07. The second-order valence-corrected chi connectivity index (χ2v) is 5.48. The number of likely N-dealkylation sites (tertiary alicyclic amines) is 1. The van der Waals surface area contributed by atoms with E-state index in [-0.39, 0.29) is 17.4 Å². The molecule has 3 atom stereocenters. The van der Waals surface area contributed by atoms with Gasteiger partial charge in [0.2, 0.25) is 0 Å². The molecule has 1 amide bonds. The number of alkyl halides is 3. The van der Waals surface area contributed by atoms with Crippen LogP contribution in [0.25, 0.3) is 0 Å². The van der Waals surface area contributed by atoms with Gasteiger partial charge in [-0.05, 0) is 36.5 Å². The molecule has 2 fully saturated rings. The summed E-state index contributed by atoms with van der Waals surface area (Å²) in [7, 11) is 0. The first-order valence-electron chi connectivity index (χ1n) is 6.50. The fourth-order valence-electron chi connectivity index (χ4n) is 2.99. The Hall–Kier alpha value is -2.05. The normalized spacial score (nSPS) is 27.4. The van der Waals surface area contributed by atoms with Crippen LogP contribution in [0.4, 0.5) is 13.2 Å². The van der Waals surface area contributed by atoms with Crippen molar-refractivity contribution in [3.8, 4) is 0 Å². The fourth-order valence-corrected chi connectivity index (χ4v) is 2.99. The molecule has 1 aliphatic carbocycles. The van der Waals surface area contributed by atoms with Gasteiger partial charge in [0.05, 0.1) is 5.56 Å². The quantitative estimate of drug-likeness (QED) is 0.911. The zero-order valence-corrected chi connectivity index (χ0v) is 10.8. The number of rotatable bonds is 2. The average molecular weight is 299 g/mol. The van der Waals surface area contributed by atoms with Gasteiger partial charge in [0, 0.05) is 12.1 Å². The largest absolute Gasteiger partial charge is 0.480 e. The molecule has 1 N–H and O–H groups in total. The molecule has 4 nitrogen and oxygen atoms in total. The number of halogens is 3. The molecule has 0 spiro atoms.